The molecule has 3 nitrogen and oxygen atoms in total. The van der Waals surface area contributed by atoms with Crippen molar-refractivity contribution in [1.82, 2.24) is 10.6 Å². The highest BCUT2D eigenvalue weighted by Crippen LogP contribution is 2.34. The number of halogens is 6. The fourth-order valence-corrected chi connectivity index (χ4v) is 1.25. The van der Waals surface area contributed by atoms with Gasteiger partial charge in [0.1, 0.15) is 11.7 Å². The average molecular weight is 248 g/mol. The Balaban J connectivity index is 3.20. The molecule has 0 radical (unpaired) electrons. The Labute approximate surface area is 85.5 Å². The van der Waals surface area contributed by atoms with Gasteiger partial charge in [-0.3, -0.25) is 0 Å². The van der Waals surface area contributed by atoms with Gasteiger partial charge in [-0.25, -0.2) is 4.79 Å². The summed E-state index contributed by atoms with van der Waals surface area (Å²) in [7, 11) is 0. The highest BCUT2D eigenvalue weighted by molar-refractivity contribution is 5.79. The zero-order valence-corrected chi connectivity index (χ0v) is 7.75. The fourth-order valence-electron chi connectivity index (χ4n) is 1.25. The van der Waals surface area contributed by atoms with Gasteiger partial charge in [0, 0.05) is 0 Å². The molecule has 92 valence electrons. The predicted molar refractivity (Wildman–Crippen MR) is 40.3 cm³/mol. The number of amides is 2. The lowest BCUT2D eigenvalue weighted by molar-refractivity contribution is -0.148. The van der Waals surface area contributed by atoms with Crippen LogP contribution in [0, 0.1) is 0 Å². The van der Waals surface area contributed by atoms with E-state index in [4.69, 9.17) is 0 Å². The first-order valence-corrected chi connectivity index (χ1v) is 3.95. The van der Waals surface area contributed by atoms with Crippen LogP contribution in [0.25, 0.3) is 0 Å². The Bertz CT molecular complexity index is 342. The Kier molecular flexibility index (Phi) is 2.82. The lowest BCUT2D eigenvalue weighted by atomic mass is 10.0. The summed E-state index contributed by atoms with van der Waals surface area (Å²) >= 11 is 0. The number of urea groups is 1. The van der Waals surface area contributed by atoms with E-state index < -0.39 is 35.7 Å². The lowest BCUT2D eigenvalue weighted by Crippen LogP contribution is -2.56. The van der Waals surface area contributed by atoms with Gasteiger partial charge in [-0.2, -0.15) is 26.3 Å². The van der Waals surface area contributed by atoms with Gasteiger partial charge in [0.25, 0.3) is 0 Å². The normalized spacial score (nSPS) is 22.9. The highest BCUT2D eigenvalue weighted by Gasteiger charge is 2.49. The molecule has 0 aliphatic carbocycles. The summed E-state index contributed by atoms with van der Waals surface area (Å²) < 4.78 is 73.6. The molecular formula is C7H6F6N2O. The second-order valence-corrected chi connectivity index (χ2v) is 3.13. The molecule has 0 saturated carbocycles. The van der Waals surface area contributed by atoms with Crippen molar-refractivity contribution in [3.63, 3.8) is 0 Å². The SMILES string of the molecule is CC1=C(C(F)(F)F)NC(=O)NC1C(F)(F)F. The minimum Gasteiger partial charge on any atom is -0.322 e. The van der Waals surface area contributed by atoms with Crippen molar-refractivity contribution in [2.75, 3.05) is 0 Å². The Morgan fingerprint density at radius 1 is 1.12 bits per heavy atom. The Morgan fingerprint density at radius 2 is 1.62 bits per heavy atom. The molecule has 0 fully saturated rings. The smallest absolute Gasteiger partial charge is 0.322 e. The number of carbonyl (C=O) groups is 1. The van der Waals surface area contributed by atoms with Crippen LogP contribution in [0.1, 0.15) is 6.92 Å². The van der Waals surface area contributed by atoms with E-state index in [-0.39, 0.29) is 0 Å². The quantitative estimate of drug-likeness (QED) is 0.633. The number of hydrogen-bond acceptors (Lipinski definition) is 1. The zero-order chi connectivity index (χ0) is 12.7. The molecule has 0 aromatic heterocycles. The maximum Gasteiger partial charge on any atom is 0.431 e. The molecule has 1 heterocycles. The molecule has 9 heteroatoms. The molecule has 1 atom stereocenters. The third-order valence-electron chi connectivity index (χ3n) is 1.95. The molecule has 2 amide bonds. The Hall–Kier alpha value is -1.41. The molecule has 2 N–H and O–H groups in total. The van der Waals surface area contributed by atoms with Crippen LogP contribution in [-0.4, -0.2) is 24.4 Å². The second kappa shape index (κ2) is 3.56. The van der Waals surface area contributed by atoms with Crippen LogP contribution in [0.2, 0.25) is 0 Å². The number of hydrogen-bond donors (Lipinski definition) is 2. The maximum absolute atomic E-state index is 12.3. The Morgan fingerprint density at radius 3 is 2.00 bits per heavy atom. The van der Waals surface area contributed by atoms with Gasteiger partial charge < -0.3 is 10.6 Å². The molecule has 0 bridgehead atoms. The van der Waals surface area contributed by atoms with Crippen molar-refractivity contribution in [2.24, 2.45) is 0 Å². The summed E-state index contributed by atoms with van der Waals surface area (Å²) in [6, 6.07) is -4.14. The monoisotopic (exact) mass is 248 g/mol. The largest absolute Gasteiger partial charge is 0.431 e. The van der Waals surface area contributed by atoms with Gasteiger partial charge in [-0.15, -0.1) is 0 Å². The molecule has 0 spiro atoms. The molecule has 0 saturated heterocycles. The second-order valence-electron chi connectivity index (χ2n) is 3.13. The molecular weight excluding hydrogens is 242 g/mol. The van der Waals surface area contributed by atoms with E-state index in [0.29, 0.717) is 6.92 Å². The van der Waals surface area contributed by atoms with Crippen molar-refractivity contribution >= 4 is 6.03 Å². The molecule has 1 aliphatic rings. The molecule has 16 heavy (non-hydrogen) atoms. The molecule has 0 aromatic carbocycles. The van der Waals surface area contributed by atoms with Crippen LogP contribution in [-0.2, 0) is 0 Å². The number of rotatable bonds is 0. The lowest BCUT2D eigenvalue weighted by Gasteiger charge is -2.30. The minimum absolute atomic E-state index is 0.660. The van der Waals surface area contributed by atoms with E-state index in [1.807, 2.05) is 0 Å². The zero-order valence-electron chi connectivity index (χ0n) is 7.75. The first-order chi connectivity index (χ1) is 7.03. The summed E-state index contributed by atoms with van der Waals surface area (Å²) in [5.41, 5.74) is -2.68. The third-order valence-corrected chi connectivity index (χ3v) is 1.95. The molecule has 1 rings (SSSR count). The van der Waals surface area contributed by atoms with E-state index in [9.17, 15) is 31.1 Å². The summed E-state index contributed by atoms with van der Waals surface area (Å²) in [6.07, 6.45) is -9.98. The fraction of sp³-hybridized carbons (Fsp3) is 0.571. The summed E-state index contributed by atoms with van der Waals surface area (Å²) in [5, 5.41) is 2.69. The molecule has 1 unspecified atom stereocenters. The standard InChI is InChI=1S/C7H6F6N2O/c1-2-3(6(8,9)10)14-5(16)15-4(2)7(11,12)13/h3H,1H3,(H2,14,15,16). The van der Waals surface area contributed by atoms with Crippen molar-refractivity contribution in [3.8, 4) is 0 Å². The van der Waals surface area contributed by atoms with E-state index in [1.165, 1.54) is 10.6 Å². The van der Waals surface area contributed by atoms with Gasteiger partial charge in [0.15, 0.2) is 0 Å². The predicted octanol–water partition coefficient (Wildman–Crippen LogP) is 2.07. The highest BCUT2D eigenvalue weighted by atomic mass is 19.4. The van der Waals surface area contributed by atoms with Crippen molar-refractivity contribution in [1.29, 1.82) is 0 Å². The number of carbonyl (C=O) groups excluding carboxylic acids is 1. The van der Waals surface area contributed by atoms with Gasteiger partial charge in [-0.1, -0.05) is 0 Å². The average Bonchev–Trinajstić information content (AvgIpc) is 2.04. The van der Waals surface area contributed by atoms with Crippen molar-refractivity contribution in [2.45, 2.75) is 25.3 Å². The van der Waals surface area contributed by atoms with Crippen molar-refractivity contribution in [3.05, 3.63) is 11.3 Å². The third kappa shape index (κ3) is 2.39. The summed E-state index contributed by atoms with van der Waals surface area (Å²) in [6.45, 7) is 0.660. The van der Waals surface area contributed by atoms with Crippen LogP contribution in [0.5, 0.6) is 0 Å². The van der Waals surface area contributed by atoms with Crippen LogP contribution in [0.15, 0.2) is 11.3 Å². The van der Waals surface area contributed by atoms with Crippen molar-refractivity contribution < 1.29 is 31.1 Å². The van der Waals surface area contributed by atoms with Gasteiger partial charge >= 0.3 is 18.4 Å². The van der Waals surface area contributed by atoms with Gasteiger partial charge in [-0.05, 0) is 12.5 Å². The van der Waals surface area contributed by atoms with Crippen LogP contribution in [0.3, 0.4) is 0 Å². The van der Waals surface area contributed by atoms with E-state index in [1.54, 1.807) is 0 Å². The van der Waals surface area contributed by atoms with E-state index in [2.05, 4.69) is 0 Å². The van der Waals surface area contributed by atoms with Gasteiger partial charge in [0.05, 0.1) is 0 Å². The van der Waals surface area contributed by atoms with Crippen LogP contribution >= 0.6 is 0 Å². The maximum atomic E-state index is 12.3. The summed E-state index contributed by atoms with van der Waals surface area (Å²) in [4.78, 5) is 10.7. The summed E-state index contributed by atoms with van der Waals surface area (Å²) in [5.74, 6) is 0. The van der Waals surface area contributed by atoms with Gasteiger partial charge in [0.2, 0.25) is 0 Å². The molecule has 0 aromatic rings. The topological polar surface area (TPSA) is 41.1 Å². The molecule has 1 aliphatic heterocycles. The number of nitrogens with one attached hydrogen (secondary N) is 2. The van der Waals surface area contributed by atoms with Crippen LogP contribution < -0.4 is 10.6 Å². The minimum atomic E-state index is -5.02. The number of alkyl halides is 6. The van der Waals surface area contributed by atoms with E-state index >= 15 is 0 Å². The number of allylic oxidation sites excluding steroid dienone is 1. The first-order valence-electron chi connectivity index (χ1n) is 3.95. The van der Waals surface area contributed by atoms with Crippen LogP contribution in [0.4, 0.5) is 31.1 Å². The van der Waals surface area contributed by atoms with E-state index in [0.717, 1.165) is 0 Å². The first kappa shape index (κ1) is 12.7.